The maximum Gasteiger partial charge on any atom is 0.244 e. The molecule has 3 heterocycles. The van der Waals surface area contributed by atoms with Gasteiger partial charge in [-0.2, -0.15) is 4.31 Å². The predicted molar refractivity (Wildman–Crippen MR) is 94.5 cm³/mol. The molecule has 26 heavy (non-hydrogen) atoms. The Kier molecular flexibility index (Phi) is 5.03. The monoisotopic (exact) mass is 380 g/mol. The summed E-state index contributed by atoms with van der Waals surface area (Å²) in [5.41, 5.74) is -0.604. The highest BCUT2D eigenvalue weighted by Gasteiger charge is 2.46. The molecule has 0 aromatic carbocycles. The van der Waals surface area contributed by atoms with Crippen molar-refractivity contribution in [1.82, 2.24) is 19.5 Å². The summed E-state index contributed by atoms with van der Waals surface area (Å²) in [6.45, 7) is 5.10. The van der Waals surface area contributed by atoms with Crippen LogP contribution in [0.4, 0.5) is 0 Å². The lowest BCUT2D eigenvalue weighted by Gasteiger charge is -2.33. The smallest absolute Gasteiger partial charge is 0.244 e. The largest absolute Gasteiger partial charge is 0.355 e. The van der Waals surface area contributed by atoms with Crippen molar-refractivity contribution < 1.29 is 18.0 Å². The van der Waals surface area contributed by atoms with Crippen molar-refractivity contribution in [2.24, 2.45) is 11.3 Å². The standard InChI is InChI=1S/C17H24N4O4S/c1-13(2)16(23)20-6-7-21(12-17(11-20)8-15(22)19-10-17)26(24,25)14-4-3-5-18-9-14/h3-5,9,13H,6-8,10-12H2,1-2H3,(H,19,22)/t17-/m1/s1. The van der Waals surface area contributed by atoms with Crippen molar-refractivity contribution in [3.8, 4) is 0 Å². The van der Waals surface area contributed by atoms with E-state index in [1.807, 2.05) is 13.8 Å². The van der Waals surface area contributed by atoms with Gasteiger partial charge in [-0.05, 0) is 12.1 Å². The first-order chi connectivity index (χ1) is 12.2. The summed E-state index contributed by atoms with van der Waals surface area (Å²) < 4.78 is 27.5. The molecule has 9 heteroatoms. The Bertz CT molecular complexity index is 796. The molecular weight excluding hydrogens is 356 g/mol. The molecule has 0 unspecified atom stereocenters. The zero-order valence-electron chi connectivity index (χ0n) is 15.0. The minimum absolute atomic E-state index is 0.0238. The predicted octanol–water partition coefficient (Wildman–Crippen LogP) is 0.0768. The third-order valence-electron chi connectivity index (χ3n) is 4.93. The van der Waals surface area contributed by atoms with Crippen molar-refractivity contribution >= 4 is 21.8 Å². The molecule has 1 aromatic heterocycles. The third kappa shape index (κ3) is 3.59. The number of amides is 2. The number of hydrogen-bond donors (Lipinski definition) is 1. The number of aromatic nitrogens is 1. The van der Waals surface area contributed by atoms with E-state index in [2.05, 4.69) is 10.3 Å². The molecule has 8 nitrogen and oxygen atoms in total. The lowest BCUT2D eigenvalue weighted by atomic mass is 9.86. The molecule has 2 aliphatic heterocycles. The average Bonchev–Trinajstić information content (AvgIpc) is 2.86. The second-order valence-electron chi connectivity index (χ2n) is 7.40. The molecule has 3 rings (SSSR count). The van der Waals surface area contributed by atoms with Crippen molar-refractivity contribution in [1.29, 1.82) is 0 Å². The molecule has 1 aromatic rings. The van der Waals surface area contributed by atoms with Gasteiger partial charge < -0.3 is 10.2 Å². The highest BCUT2D eigenvalue weighted by molar-refractivity contribution is 7.89. The molecule has 2 fully saturated rings. The fraction of sp³-hybridized carbons (Fsp3) is 0.588. The van der Waals surface area contributed by atoms with Gasteiger partial charge in [-0.25, -0.2) is 8.42 Å². The third-order valence-corrected chi connectivity index (χ3v) is 6.76. The Balaban J connectivity index is 1.94. The van der Waals surface area contributed by atoms with Crippen molar-refractivity contribution in [2.75, 3.05) is 32.7 Å². The van der Waals surface area contributed by atoms with Crippen molar-refractivity contribution in [3.63, 3.8) is 0 Å². The van der Waals surface area contributed by atoms with Gasteiger partial charge in [-0.15, -0.1) is 0 Å². The number of hydrogen-bond acceptors (Lipinski definition) is 5. The molecule has 0 saturated carbocycles. The first-order valence-electron chi connectivity index (χ1n) is 8.69. The van der Waals surface area contributed by atoms with Gasteiger partial charge in [0.05, 0.1) is 0 Å². The van der Waals surface area contributed by atoms with Gasteiger partial charge in [0.25, 0.3) is 0 Å². The van der Waals surface area contributed by atoms with E-state index in [0.717, 1.165) is 0 Å². The van der Waals surface area contributed by atoms with E-state index in [9.17, 15) is 18.0 Å². The Morgan fingerprint density at radius 3 is 2.65 bits per heavy atom. The Morgan fingerprint density at radius 1 is 1.31 bits per heavy atom. The first-order valence-corrected chi connectivity index (χ1v) is 10.1. The summed E-state index contributed by atoms with van der Waals surface area (Å²) in [6, 6.07) is 3.09. The van der Waals surface area contributed by atoms with E-state index in [1.54, 1.807) is 11.0 Å². The minimum Gasteiger partial charge on any atom is -0.355 e. The number of pyridine rings is 1. The first kappa shape index (κ1) is 18.8. The number of nitrogens with zero attached hydrogens (tertiary/aromatic N) is 3. The number of carbonyl (C=O) groups excluding carboxylic acids is 2. The van der Waals surface area contributed by atoms with Crippen molar-refractivity contribution in [2.45, 2.75) is 25.2 Å². The summed E-state index contributed by atoms with van der Waals surface area (Å²) >= 11 is 0. The molecule has 2 aliphatic rings. The Hall–Kier alpha value is -2.00. The average molecular weight is 380 g/mol. The second-order valence-corrected chi connectivity index (χ2v) is 9.33. The van der Waals surface area contributed by atoms with E-state index >= 15 is 0 Å². The highest BCUT2D eigenvalue weighted by Crippen LogP contribution is 2.33. The van der Waals surface area contributed by atoms with Gasteiger partial charge in [0, 0.05) is 62.9 Å². The Labute approximate surface area is 153 Å². The number of rotatable bonds is 3. The van der Waals surface area contributed by atoms with E-state index in [0.29, 0.717) is 19.6 Å². The van der Waals surface area contributed by atoms with Crippen LogP contribution in [-0.2, 0) is 19.6 Å². The van der Waals surface area contributed by atoms with Crippen LogP contribution in [0.15, 0.2) is 29.4 Å². The fourth-order valence-electron chi connectivity index (χ4n) is 3.60. The van der Waals surface area contributed by atoms with Gasteiger partial charge in [-0.1, -0.05) is 13.8 Å². The van der Waals surface area contributed by atoms with Crippen LogP contribution in [-0.4, -0.2) is 67.1 Å². The number of sulfonamides is 1. The lowest BCUT2D eigenvalue weighted by Crippen LogP contribution is -2.45. The second kappa shape index (κ2) is 6.96. The summed E-state index contributed by atoms with van der Waals surface area (Å²) in [6.07, 6.45) is 3.06. The number of nitrogens with one attached hydrogen (secondary N) is 1. The molecule has 2 saturated heterocycles. The molecule has 0 radical (unpaired) electrons. The van der Waals surface area contributed by atoms with Crippen LogP contribution in [0.2, 0.25) is 0 Å². The van der Waals surface area contributed by atoms with Crippen molar-refractivity contribution in [3.05, 3.63) is 24.5 Å². The molecule has 142 valence electrons. The molecule has 1 N–H and O–H groups in total. The molecular formula is C17H24N4O4S. The lowest BCUT2D eigenvalue weighted by molar-refractivity contribution is -0.135. The topological polar surface area (TPSA) is 99.7 Å². The number of carbonyl (C=O) groups is 2. The van der Waals surface area contributed by atoms with Gasteiger partial charge in [0.15, 0.2) is 0 Å². The minimum atomic E-state index is -3.74. The van der Waals surface area contributed by atoms with Crippen LogP contribution in [0.1, 0.15) is 20.3 Å². The summed E-state index contributed by atoms with van der Waals surface area (Å²) in [5.74, 6) is -0.314. The fourth-order valence-corrected chi connectivity index (χ4v) is 5.11. The van der Waals surface area contributed by atoms with Crippen LogP contribution in [0.5, 0.6) is 0 Å². The maximum atomic E-state index is 13.0. The molecule has 2 amide bonds. The van der Waals surface area contributed by atoms with Gasteiger partial charge in [0.2, 0.25) is 21.8 Å². The molecule has 1 spiro atoms. The normalized spacial score (nSPS) is 24.7. The summed E-state index contributed by atoms with van der Waals surface area (Å²) in [4.78, 5) is 30.1. The van der Waals surface area contributed by atoms with Gasteiger partial charge >= 0.3 is 0 Å². The Morgan fingerprint density at radius 2 is 2.08 bits per heavy atom. The highest BCUT2D eigenvalue weighted by atomic mass is 32.2. The van der Waals surface area contributed by atoms with Crippen LogP contribution < -0.4 is 5.32 Å². The van der Waals surface area contributed by atoms with Gasteiger partial charge in [-0.3, -0.25) is 14.6 Å². The van der Waals surface area contributed by atoms with E-state index in [-0.39, 0.29) is 42.1 Å². The van der Waals surface area contributed by atoms with E-state index in [1.165, 1.54) is 22.8 Å². The molecule has 1 atom stereocenters. The zero-order chi connectivity index (χ0) is 18.9. The van der Waals surface area contributed by atoms with Gasteiger partial charge in [0.1, 0.15) is 4.90 Å². The van der Waals surface area contributed by atoms with Crippen LogP contribution in [0.3, 0.4) is 0 Å². The van der Waals surface area contributed by atoms with E-state index in [4.69, 9.17) is 0 Å². The molecule has 0 aliphatic carbocycles. The SMILES string of the molecule is CC(C)C(=O)N1CCN(S(=O)(=O)c2cccnc2)C[C@]2(CNC(=O)C2)C1. The van der Waals surface area contributed by atoms with Crippen LogP contribution >= 0.6 is 0 Å². The van der Waals surface area contributed by atoms with E-state index < -0.39 is 15.4 Å². The summed E-state index contributed by atoms with van der Waals surface area (Å²) in [5, 5.41) is 2.80. The van der Waals surface area contributed by atoms with Crippen LogP contribution in [0.25, 0.3) is 0 Å². The van der Waals surface area contributed by atoms with Crippen LogP contribution in [0, 0.1) is 11.3 Å². The quantitative estimate of drug-likeness (QED) is 0.800. The maximum absolute atomic E-state index is 13.0. The zero-order valence-corrected chi connectivity index (χ0v) is 15.8. The summed E-state index contributed by atoms with van der Waals surface area (Å²) in [7, 11) is -3.74. The molecule has 0 bridgehead atoms.